The first-order valence-electron chi connectivity index (χ1n) is 6.57. The maximum Gasteiger partial charge on any atom is 0.137 e. The van der Waals surface area contributed by atoms with Gasteiger partial charge in [-0.25, -0.2) is 0 Å². The third-order valence-electron chi connectivity index (χ3n) is 3.16. The predicted molar refractivity (Wildman–Crippen MR) is 77.1 cm³/mol. The number of ether oxygens (including phenoxy) is 1. The van der Waals surface area contributed by atoms with Crippen molar-refractivity contribution in [3.63, 3.8) is 0 Å². The molecule has 0 aliphatic rings. The summed E-state index contributed by atoms with van der Waals surface area (Å²) in [5.41, 5.74) is 7.90. The van der Waals surface area contributed by atoms with Gasteiger partial charge in [-0.15, -0.1) is 0 Å². The van der Waals surface area contributed by atoms with E-state index in [4.69, 9.17) is 10.5 Å². The monoisotopic (exact) mass is 256 g/mol. The zero-order chi connectivity index (χ0) is 13.7. The van der Waals surface area contributed by atoms with Gasteiger partial charge in [0.1, 0.15) is 5.75 Å². The summed E-state index contributed by atoms with van der Waals surface area (Å²) in [6, 6.07) is 12.0. The molecule has 0 bridgehead atoms. The molecule has 3 nitrogen and oxygen atoms in total. The molecular weight excluding hydrogens is 236 g/mol. The molecule has 2 rings (SSSR count). The molecule has 19 heavy (non-hydrogen) atoms. The van der Waals surface area contributed by atoms with Gasteiger partial charge in [-0.1, -0.05) is 37.3 Å². The van der Waals surface area contributed by atoms with Crippen LogP contribution in [0.25, 0.3) is 0 Å². The number of aromatic nitrogens is 1. The Balaban J connectivity index is 2.30. The van der Waals surface area contributed by atoms with Crippen LogP contribution in [-0.2, 0) is 5.54 Å². The van der Waals surface area contributed by atoms with Crippen LogP contribution < -0.4 is 10.5 Å². The molecule has 2 aromatic rings. The summed E-state index contributed by atoms with van der Waals surface area (Å²) in [6.07, 6.45) is 4.49. The van der Waals surface area contributed by atoms with Gasteiger partial charge in [-0.2, -0.15) is 0 Å². The second-order valence-corrected chi connectivity index (χ2v) is 4.83. The second-order valence-electron chi connectivity index (χ2n) is 4.83. The van der Waals surface area contributed by atoms with Crippen molar-refractivity contribution >= 4 is 0 Å². The minimum absolute atomic E-state index is 0.570. The Hall–Kier alpha value is -1.87. The number of nitrogens with two attached hydrogens (primary N) is 1. The minimum Gasteiger partial charge on any atom is -0.492 e. The Kier molecular flexibility index (Phi) is 4.17. The van der Waals surface area contributed by atoms with Gasteiger partial charge in [0, 0.05) is 6.20 Å². The second kappa shape index (κ2) is 5.85. The van der Waals surface area contributed by atoms with E-state index in [1.165, 1.54) is 0 Å². The Bertz CT molecular complexity index is 523. The molecular formula is C16H20N2O. The van der Waals surface area contributed by atoms with E-state index < -0.39 is 5.54 Å². The van der Waals surface area contributed by atoms with Crippen LogP contribution in [0, 0.1) is 0 Å². The van der Waals surface area contributed by atoms with E-state index in [-0.39, 0.29) is 0 Å². The molecule has 0 aliphatic heterocycles. The van der Waals surface area contributed by atoms with Crippen LogP contribution in [0.1, 0.15) is 31.4 Å². The molecule has 0 spiro atoms. The predicted octanol–water partition coefficient (Wildman–Crippen LogP) is 3.09. The molecule has 100 valence electrons. The van der Waals surface area contributed by atoms with Crippen molar-refractivity contribution in [2.75, 3.05) is 6.61 Å². The van der Waals surface area contributed by atoms with Crippen molar-refractivity contribution in [1.29, 1.82) is 0 Å². The van der Waals surface area contributed by atoms with E-state index >= 15 is 0 Å². The highest BCUT2D eigenvalue weighted by Crippen LogP contribution is 2.27. The molecule has 0 aliphatic carbocycles. The lowest BCUT2D eigenvalue weighted by Crippen LogP contribution is -2.34. The van der Waals surface area contributed by atoms with Gasteiger partial charge < -0.3 is 10.5 Å². The lowest BCUT2D eigenvalue weighted by Gasteiger charge is -2.25. The van der Waals surface area contributed by atoms with Gasteiger partial charge in [-0.3, -0.25) is 4.98 Å². The van der Waals surface area contributed by atoms with Crippen LogP contribution in [-0.4, -0.2) is 11.6 Å². The molecule has 0 saturated carbocycles. The standard InChI is InChI=1S/C16H20N2O/c1-3-9-19-15-10-14(11-18-12-15)16(2,17)13-7-5-4-6-8-13/h4-8,10-12H,3,9,17H2,1-2H3. The quantitative estimate of drug-likeness (QED) is 0.894. The number of rotatable bonds is 5. The molecule has 1 aromatic carbocycles. The van der Waals surface area contributed by atoms with Crippen LogP contribution in [0.15, 0.2) is 48.8 Å². The molecule has 0 saturated heterocycles. The summed E-state index contributed by atoms with van der Waals surface area (Å²) in [5, 5.41) is 0. The summed E-state index contributed by atoms with van der Waals surface area (Å²) in [4.78, 5) is 4.22. The maximum atomic E-state index is 6.46. The Labute approximate surface area is 114 Å². The number of hydrogen-bond acceptors (Lipinski definition) is 3. The molecule has 1 unspecified atom stereocenters. The highest BCUT2D eigenvalue weighted by atomic mass is 16.5. The Morgan fingerprint density at radius 2 is 1.89 bits per heavy atom. The molecule has 1 aromatic heterocycles. The topological polar surface area (TPSA) is 48.1 Å². The first kappa shape index (κ1) is 13.6. The number of nitrogens with zero attached hydrogens (tertiary/aromatic N) is 1. The van der Waals surface area contributed by atoms with Crippen molar-refractivity contribution in [3.8, 4) is 5.75 Å². The molecule has 0 radical (unpaired) electrons. The molecule has 1 heterocycles. The molecule has 1 atom stereocenters. The van der Waals surface area contributed by atoms with E-state index in [1.54, 1.807) is 12.4 Å². The number of benzene rings is 1. The third-order valence-corrected chi connectivity index (χ3v) is 3.16. The highest BCUT2D eigenvalue weighted by Gasteiger charge is 2.24. The zero-order valence-electron chi connectivity index (χ0n) is 11.5. The van der Waals surface area contributed by atoms with E-state index in [2.05, 4.69) is 11.9 Å². The lowest BCUT2D eigenvalue weighted by molar-refractivity contribution is 0.315. The average molecular weight is 256 g/mol. The fourth-order valence-corrected chi connectivity index (χ4v) is 1.95. The first-order chi connectivity index (χ1) is 9.14. The van der Waals surface area contributed by atoms with Gasteiger partial charge in [0.15, 0.2) is 0 Å². The van der Waals surface area contributed by atoms with E-state index in [0.29, 0.717) is 6.61 Å². The van der Waals surface area contributed by atoms with Crippen LogP contribution in [0.4, 0.5) is 0 Å². The highest BCUT2D eigenvalue weighted by molar-refractivity contribution is 5.38. The summed E-state index contributed by atoms with van der Waals surface area (Å²) in [7, 11) is 0. The van der Waals surface area contributed by atoms with Crippen LogP contribution >= 0.6 is 0 Å². The van der Waals surface area contributed by atoms with Crippen molar-refractivity contribution in [2.45, 2.75) is 25.8 Å². The number of hydrogen-bond donors (Lipinski definition) is 1. The van der Waals surface area contributed by atoms with Crippen LogP contribution in [0.3, 0.4) is 0 Å². The molecule has 2 N–H and O–H groups in total. The van der Waals surface area contributed by atoms with Crippen molar-refractivity contribution < 1.29 is 4.74 Å². The van der Waals surface area contributed by atoms with Gasteiger partial charge in [0.05, 0.1) is 18.3 Å². The van der Waals surface area contributed by atoms with Crippen molar-refractivity contribution in [3.05, 3.63) is 59.9 Å². The van der Waals surface area contributed by atoms with Gasteiger partial charge in [-0.05, 0) is 30.5 Å². The molecule has 0 fully saturated rings. The molecule has 0 amide bonds. The number of pyridine rings is 1. The smallest absolute Gasteiger partial charge is 0.137 e. The summed E-state index contributed by atoms with van der Waals surface area (Å²) < 4.78 is 5.61. The van der Waals surface area contributed by atoms with Gasteiger partial charge in [0.2, 0.25) is 0 Å². The van der Waals surface area contributed by atoms with Gasteiger partial charge >= 0.3 is 0 Å². The van der Waals surface area contributed by atoms with Crippen LogP contribution in [0.2, 0.25) is 0 Å². The molecule has 3 heteroatoms. The maximum absolute atomic E-state index is 6.46. The van der Waals surface area contributed by atoms with Crippen molar-refractivity contribution in [2.24, 2.45) is 5.73 Å². The summed E-state index contributed by atoms with van der Waals surface area (Å²) in [6.45, 7) is 4.76. The Morgan fingerprint density at radius 1 is 1.16 bits per heavy atom. The average Bonchev–Trinajstić information content (AvgIpc) is 2.46. The van der Waals surface area contributed by atoms with E-state index in [9.17, 15) is 0 Å². The zero-order valence-corrected chi connectivity index (χ0v) is 11.5. The van der Waals surface area contributed by atoms with Crippen LogP contribution in [0.5, 0.6) is 5.75 Å². The largest absolute Gasteiger partial charge is 0.492 e. The van der Waals surface area contributed by atoms with E-state index in [1.807, 2.05) is 43.3 Å². The minimum atomic E-state index is -0.570. The fraction of sp³-hybridized carbons (Fsp3) is 0.312. The SMILES string of the molecule is CCCOc1cncc(C(C)(N)c2ccccc2)c1. The van der Waals surface area contributed by atoms with Crippen molar-refractivity contribution in [1.82, 2.24) is 4.98 Å². The Morgan fingerprint density at radius 3 is 2.58 bits per heavy atom. The van der Waals surface area contributed by atoms with E-state index in [0.717, 1.165) is 23.3 Å². The normalized spacial score (nSPS) is 13.8. The van der Waals surface area contributed by atoms with Gasteiger partial charge in [0.25, 0.3) is 0 Å². The first-order valence-corrected chi connectivity index (χ1v) is 6.57. The lowest BCUT2D eigenvalue weighted by atomic mass is 9.87. The summed E-state index contributed by atoms with van der Waals surface area (Å²) in [5.74, 6) is 0.770. The summed E-state index contributed by atoms with van der Waals surface area (Å²) >= 11 is 0. The fourth-order valence-electron chi connectivity index (χ4n) is 1.95. The third kappa shape index (κ3) is 3.12.